The Balaban J connectivity index is 2.02. The van der Waals surface area contributed by atoms with Gasteiger partial charge in [-0.25, -0.2) is 0 Å². The largest absolute Gasteiger partial charge is 0.497 e. The van der Waals surface area contributed by atoms with Crippen LogP contribution in [0.3, 0.4) is 0 Å². The predicted molar refractivity (Wildman–Crippen MR) is 70.2 cm³/mol. The summed E-state index contributed by atoms with van der Waals surface area (Å²) < 4.78 is 16.5. The number of hydrogen-bond acceptors (Lipinski definition) is 4. The summed E-state index contributed by atoms with van der Waals surface area (Å²) in [4.78, 5) is 0. The summed E-state index contributed by atoms with van der Waals surface area (Å²) in [5.41, 5.74) is 1.15. The Morgan fingerprint density at radius 1 is 1.44 bits per heavy atom. The standard InChI is InChI=1S/C14H21NO3/c1-15-8-12-3-4-13(16-2)7-14(12)18-10-11-5-6-17-9-11/h3-4,7,11,15H,5-6,8-10H2,1-2H3. The molecule has 1 fully saturated rings. The van der Waals surface area contributed by atoms with E-state index in [9.17, 15) is 0 Å². The molecule has 1 aliphatic rings. The Morgan fingerprint density at radius 3 is 3.00 bits per heavy atom. The fraction of sp³-hybridized carbons (Fsp3) is 0.571. The van der Waals surface area contributed by atoms with Crippen molar-refractivity contribution in [3.63, 3.8) is 0 Å². The van der Waals surface area contributed by atoms with Gasteiger partial charge >= 0.3 is 0 Å². The van der Waals surface area contributed by atoms with Crippen molar-refractivity contribution < 1.29 is 14.2 Å². The van der Waals surface area contributed by atoms with Crippen molar-refractivity contribution in [2.75, 3.05) is 34.0 Å². The highest BCUT2D eigenvalue weighted by Gasteiger charge is 2.17. The van der Waals surface area contributed by atoms with Crippen LogP contribution < -0.4 is 14.8 Å². The van der Waals surface area contributed by atoms with Crippen molar-refractivity contribution >= 4 is 0 Å². The molecule has 1 atom stereocenters. The van der Waals surface area contributed by atoms with Crippen LogP contribution in [0.2, 0.25) is 0 Å². The van der Waals surface area contributed by atoms with E-state index in [1.807, 2.05) is 25.2 Å². The van der Waals surface area contributed by atoms with Gasteiger partial charge in [0.15, 0.2) is 0 Å². The van der Waals surface area contributed by atoms with Crippen molar-refractivity contribution in [2.45, 2.75) is 13.0 Å². The molecule has 1 aromatic rings. The van der Waals surface area contributed by atoms with E-state index < -0.39 is 0 Å². The van der Waals surface area contributed by atoms with Crippen LogP contribution in [-0.4, -0.2) is 34.0 Å². The normalized spacial score (nSPS) is 18.9. The van der Waals surface area contributed by atoms with Gasteiger partial charge in [0.2, 0.25) is 0 Å². The summed E-state index contributed by atoms with van der Waals surface area (Å²) in [5.74, 6) is 2.24. The van der Waals surface area contributed by atoms with Crippen molar-refractivity contribution in [3.05, 3.63) is 23.8 Å². The van der Waals surface area contributed by atoms with Gasteiger partial charge < -0.3 is 19.5 Å². The molecule has 1 heterocycles. The van der Waals surface area contributed by atoms with Crippen LogP contribution >= 0.6 is 0 Å². The van der Waals surface area contributed by atoms with E-state index in [4.69, 9.17) is 14.2 Å². The Labute approximate surface area is 108 Å². The van der Waals surface area contributed by atoms with E-state index in [2.05, 4.69) is 5.32 Å². The van der Waals surface area contributed by atoms with Gasteiger partial charge in [0.1, 0.15) is 11.5 Å². The van der Waals surface area contributed by atoms with Gasteiger partial charge in [0.05, 0.1) is 20.3 Å². The van der Waals surface area contributed by atoms with E-state index >= 15 is 0 Å². The molecule has 0 spiro atoms. The van der Waals surface area contributed by atoms with Crippen LogP contribution in [0.4, 0.5) is 0 Å². The quantitative estimate of drug-likeness (QED) is 0.837. The smallest absolute Gasteiger partial charge is 0.127 e. The lowest BCUT2D eigenvalue weighted by molar-refractivity contribution is 0.166. The molecule has 1 unspecified atom stereocenters. The summed E-state index contributed by atoms with van der Waals surface area (Å²) in [6.45, 7) is 3.17. The fourth-order valence-electron chi connectivity index (χ4n) is 2.06. The zero-order valence-electron chi connectivity index (χ0n) is 11.1. The SMILES string of the molecule is CNCc1ccc(OC)cc1OCC1CCOC1. The third-order valence-corrected chi connectivity index (χ3v) is 3.14. The molecule has 1 N–H and O–H groups in total. The molecule has 0 aromatic heterocycles. The highest BCUT2D eigenvalue weighted by atomic mass is 16.5. The van der Waals surface area contributed by atoms with E-state index in [0.29, 0.717) is 12.5 Å². The predicted octanol–water partition coefficient (Wildman–Crippen LogP) is 1.83. The van der Waals surface area contributed by atoms with Gasteiger partial charge in [-0.2, -0.15) is 0 Å². The first-order valence-corrected chi connectivity index (χ1v) is 6.35. The first kappa shape index (κ1) is 13.2. The van der Waals surface area contributed by atoms with E-state index in [0.717, 1.165) is 43.2 Å². The third-order valence-electron chi connectivity index (χ3n) is 3.14. The zero-order chi connectivity index (χ0) is 12.8. The molecule has 0 saturated carbocycles. The highest BCUT2D eigenvalue weighted by molar-refractivity contribution is 5.40. The minimum absolute atomic E-state index is 0.513. The first-order valence-electron chi connectivity index (χ1n) is 6.35. The van der Waals surface area contributed by atoms with Crippen LogP contribution in [0.25, 0.3) is 0 Å². The molecule has 100 valence electrons. The van der Waals surface area contributed by atoms with Crippen molar-refractivity contribution in [3.8, 4) is 11.5 Å². The topological polar surface area (TPSA) is 39.7 Å². The minimum Gasteiger partial charge on any atom is -0.497 e. The second kappa shape index (κ2) is 6.61. The second-order valence-corrected chi connectivity index (χ2v) is 4.54. The molecular formula is C14H21NO3. The molecule has 1 aliphatic heterocycles. The Hall–Kier alpha value is -1.26. The van der Waals surface area contributed by atoms with Crippen LogP contribution in [0.1, 0.15) is 12.0 Å². The van der Waals surface area contributed by atoms with E-state index in [-0.39, 0.29) is 0 Å². The Bertz CT molecular complexity index is 375. The molecule has 0 aliphatic carbocycles. The maximum absolute atomic E-state index is 5.92. The first-order chi connectivity index (χ1) is 8.83. The second-order valence-electron chi connectivity index (χ2n) is 4.54. The highest BCUT2D eigenvalue weighted by Crippen LogP contribution is 2.26. The number of rotatable bonds is 6. The number of hydrogen-bond donors (Lipinski definition) is 1. The Kier molecular flexibility index (Phi) is 4.84. The van der Waals surface area contributed by atoms with Crippen LogP contribution in [0.5, 0.6) is 11.5 Å². The van der Waals surface area contributed by atoms with Gasteiger partial charge in [-0.3, -0.25) is 0 Å². The Morgan fingerprint density at radius 2 is 2.33 bits per heavy atom. The minimum atomic E-state index is 0.513. The van der Waals surface area contributed by atoms with Gasteiger partial charge in [0, 0.05) is 30.7 Å². The van der Waals surface area contributed by atoms with Gasteiger partial charge in [-0.05, 0) is 19.5 Å². The number of ether oxygens (including phenoxy) is 3. The van der Waals surface area contributed by atoms with Crippen LogP contribution in [0.15, 0.2) is 18.2 Å². The molecule has 2 rings (SSSR count). The number of methoxy groups -OCH3 is 1. The van der Waals surface area contributed by atoms with Gasteiger partial charge in [-0.15, -0.1) is 0 Å². The molecular weight excluding hydrogens is 230 g/mol. The zero-order valence-corrected chi connectivity index (χ0v) is 11.1. The van der Waals surface area contributed by atoms with Gasteiger partial charge in [0.25, 0.3) is 0 Å². The lowest BCUT2D eigenvalue weighted by atomic mass is 10.1. The van der Waals surface area contributed by atoms with Crippen molar-refractivity contribution in [1.29, 1.82) is 0 Å². The lowest BCUT2D eigenvalue weighted by Crippen LogP contribution is -2.14. The molecule has 0 bridgehead atoms. The lowest BCUT2D eigenvalue weighted by Gasteiger charge is -2.15. The van der Waals surface area contributed by atoms with E-state index in [1.165, 1.54) is 0 Å². The molecule has 4 nitrogen and oxygen atoms in total. The van der Waals surface area contributed by atoms with Gasteiger partial charge in [-0.1, -0.05) is 6.07 Å². The van der Waals surface area contributed by atoms with E-state index in [1.54, 1.807) is 7.11 Å². The van der Waals surface area contributed by atoms with Crippen molar-refractivity contribution in [2.24, 2.45) is 5.92 Å². The number of nitrogens with one attached hydrogen (secondary N) is 1. The summed E-state index contributed by atoms with van der Waals surface area (Å²) >= 11 is 0. The molecule has 1 saturated heterocycles. The average Bonchev–Trinajstić information content (AvgIpc) is 2.91. The third kappa shape index (κ3) is 3.37. The summed E-state index contributed by atoms with van der Waals surface area (Å²) in [5, 5.41) is 3.14. The monoisotopic (exact) mass is 251 g/mol. The molecule has 1 aromatic carbocycles. The number of benzene rings is 1. The maximum Gasteiger partial charge on any atom is 0.127 e. The molecule has 18 heavy (non-hydrogen) atoms. The summed E-state index contributed by atoms with van der Waals surface area (Å²) in [6.07, 6.45) is 1.09. The van der Waals surface area contributed by atoms with Crippen LogP contribution in [0, 0.1) is 5.92 Å². The molecule has 4 heteroatoms. The van der Waals surface area contributed by atoms with Crippen molar-refractivity contribution in [1.82, 2.24) is 5.32 Å². The fourth-order valence-corrected chi connectivity index (χ4v) is 2.06. The summed E-state index contributed by atoms with van der Waals surface area (Å²) in [7, 11) is 3.60. The molecule has 0 radical (unpaired) electrons. The molecule has 0 amide bonds. The maximum atomic E-state index is 5.92. The summed E-state index contributed by atoms with van der Waals surface area (Å²) in [6, 6.07) is 5.94. The van der Waals surface area contributed by atoms with Crippen LogP contribution in [-0.2, 0) is 11.3 Å². The average molecular weight is 251 g/mol.